The molecule has 8 nitrogen and oxygen atoms in total. The third-order valence-electron chi connectivity index (χ3n) is 5.01. The number of nitrogens with two attached hydrogens (primary N) is 2. The first-order chi connectivity index (χ1) is 14.5. The maximum atomic E-state index is 6.29. The number of aromatic nitrogens is 3. The SMILES string of the molecule is COc1cc2ncc3c(N)nc(-c4cncc(NC(C)CN)c4)cc3c2cc1OC. The Hall–Kier alpha value is -3.65. The Morgan fingerprint density at radius 1 is 0.967 bits per heavy atom. The van der Waals surface area contributed by atoms with Crippen LogP contribution < -0.4 is 26.3 Å². The molecular weight excluding hydrogens is 380 g/mol. The molecule has 4 rings (SSSR count). The van der Waals surface area contributed by atoms with E-state index in [1.54, 1.807) is 32.8 Å². The molecule has 0 radical (unpaired) electrons. The lowest BCUT2D eigenvalue weighted by Gasteiger charge is -2.14. The number of benzene rings is 1. The third kappa shape index (κ3) is 3.53. The second-order valence-electron chi connectivity index (χ2n) is 7.08. The van der Waals surface area contributed by atoms with Gasteiger partial charge in [-0.15, -0.1) is 0 Å². The number of hydrogen-bond donors (Lipinski definition) is 3. The number of hydrogen-bond acceptors (Lipinski definition) is 8. The van der Waals surface area contributed by atoms with Crippen LogP contribution in [-0.2, 0) is 0 Å². The Balaban J connectivity index is 1.90. The molecule has 3 aromatic heterocycles. The summed E-state index contributed by atoms with van der Waals surface area (Å²) in [6.45, 7) is 2.54. The summed E-state index contributed by atoms with van der Waals surface area (Å²) >= 11 is 0. The molecule has 5 N–H and O–H groups in total. The molecule has 3 heterocycles. The fourth-order valence-electron chi connectivity index (χ4n) is 3.41. The number of rotatable bonds is 6. The third-order valence-corrected chi connectivity index (χ3v) is 5.01. The van der Waals surface area contributed by atoms with Crippen molar-refractivity contribution in [1.29, 1.82) is 0 Å². The van der Waals surface area contributed by atoms with E-state index in [4.69, 9.17) is 20.9 Å². The van der Waals surface area contributed by atoms with Gasteiger partial charge in [0.15, 0.2) is 11.5 Å². The number of nitrogen functional groups attached to an aromatic ring is 1. The lowest BCUT2D eigenvalue weighted by molar-refractivity contribution is 0.356. The highest BCUT2D eigenvalue weighted by atomic mass is 16.5. The Morgan fingerprint density at radius 3 is 2.47 bits per heavy atom. The molecule has 30 heavy (non-hydrogen) atoms. The second kappa shape index (κ2) is 8.00. The minimum absolute atomic E-state index is 0.133. The van der Waals surface area contributed by atoms with E-state index < -0.39 is 0 Å². The fourth-order valence-corrected chi connectivity index (χ4v) is 3.41. The lowest BCUT2D eigenvalue weighted by Crippen LogP contribution is -2.25. The molecule has 154 valence electrons. The molecule has 0 aliphatic carbocycles. The highest BCUT2D eigenvalue weighted by Crippen LogP contribution is 2.37. The van der Waals surface area contributed by atoms with E-state index in [2.05, 4.69) is 20.3 Å². The molecule has 8 heteroatoms. The highest BCUT2D eigenvalue weighted by molar-refractivity contribution is 6.10. The van der Waals surface area contributed by atoms with Crippen molar-refractivity contribution in [3.8, 4) is 22.8 Å². The predicted octanol–water partition coefficient (Wildman–Crippen LogP) is 3.20. The van der Waals surface area contributed by atoms with Crippen LogP contribution in [0.5, 0.6) is 11.5 Å². The van der Waals surface area contributed by atoms with Gasteiger partial charge < -0.3 is 26.3 Å². The largest absolute Gasteiger partial charge is 0.493 e. The van der Waals surface area contributed by atoms with Gasteiger partial charge in [-0.2, -0.15) is 0 Å². The number of ether oxygens (including phenoxy) is 2. The summed E-state index contributed by atoms with van der Waals surface area (Å²) in [5.74, 6) is 1.65. The van der Waals surface area contributed by atoms with Crippen LogP contribution in [0.4, 0.5) is 11.5 Å². The van der Waals surface area contributed by atoms with E-state index in [9.17, 15) is 0 Å². The van der Waals surface area contributed by atoms with Crippen molar-refractivity contribution in [3.63, 3.8) is 0 Å². The average Bonchev–Trinajstić information content (AvgIpc) is 2.77. The van der Waals surface area contributed by atoms with Gasteiger partial charge >= 0.3 is 0 Å². The van der Waals surface area contributed by atoms with E-state index >= 15 is 0 Å². The molecule has 1 atom stereocenters. The minimum Gasteiger partial charge on any atom is -0.493 e. The normalized spacial score (nSPS) is 12.1. The van der Waals surface area contributed by atoms with Crippen LogP contribution in [0, 0.1) is 0 Å². The summed E-state index contributed by atoms with van der Waals surface area (Å²) < 4.78 is 10.9. The number of anilines is 2. The van der Waals surface area contributed by atoms with Crippen molar-refractivity contribution in [2.75, 3.05) is 31.8 Å². The molecule has 0 saturated heterocycles. The first-order valence-corrected chi connectivity index (χ1v) is 9.57. The smallest absolute Gasteiger partial charge is 0.162 e. The van der Waals surface area contributed by atoms with Crippen molar-refractivity contribution >= 4 is 33.2 Å². The molecule has 0 spiro atoms. The Kier molecular flexibility index (Phi) is 5.24. The Morgan fingerprint density at radius 2 is 1.73 bits per heavy atom. The molecule has 0 bridgehead atoms. The van der Waals surface area contributed by atoms with Crippen molar-refractivity contribution in [2.24, 2.45) is 5.73 Å². The first kappa shape index (κ1) is 19.7. The Labute approximate surface area is 174 Å². The van der Waals surface area contributed by atoms with Crippen LogP contribution in [0.25, 0.3) is 32.9 Å². The van der Waals surface area contributed by atoms with Gasteiger partial charge in [-0.25, -0.2) is 4.98 Å². The van der Waals surface area contributed by atoms with E-state index in [1.165, 1.54) is 0 Å². The molecule has 0 saturated carbocycles. The van der Waals surface area contributed by atoms with E-state index in [-0.39, 0.29) is 6.04 Å². The molecular formula is C22H24N6O2. The van der Waals surface area contributed by atoms with Gasteiger partial charge in [-0.1, -0.05) is 0 Å². The summed E-state index contributed by atoms with van der Waals surface area (Å²) in [5.41, 5.74) is 15.2. The van der Waals surface area contributed by atoms with Gasteiger partial charge in [0, 0.05) is 53.6 Å². The van der Waals surface area contributed by atoms with Crippen LogP contribution in [0.2, 0.25) is 0 Å². The summed E-state index contributed by atoms with van der Waals surface area (Å²) in [7, 11) is 3.21. The topological polar surface area (TPSA) is 121 Å². The number of methoxy groups -OCH3 is 2. The molecule has 1 unspecified atom stereocenters. The average molecular weight is 404 g/mol. The maximum absolute atomic E-state index is 6.29. The lowest BCUT2D eigenvalue weighted by atomic mass is 10.0. The predicted molar refractivity (Wildman–Crippen MR) is 120 cm³/mol. The summed E-state index contributed by atoms with van der Waals surface area (Å²) in [6.07, 6.45) is 5.25. The van der Waals surface area contributed by atoms with E-state index in [0.717, 1.165) is 38.6 Å². The quantitative estimate of drug-likeness (QED) is 0.419. The van der Waals surface area contributed by atoms with Crippen molar-refractivity contribution in [1.82, 2.24) is 15.0 Å². The zero-order valence-corrected chi connectivity index (χ0v) is 17.1. The zero-order valence-electron chi connectivity index (χ0n) is 17.1. The summed E-state index contributed by atoms with van der Waals surface area (Å²) in [6, 6.07) is 7.87. The molecule has 0 aliphatic heterocycles. The van der Waals surface area contributed by atoms with Crippen LogP contribution in [0.15, 0.2) is 42.9 Å². The molecule has 4 aromatic rings. The molecule has 1 aromatic carbocycles. The number of pyridine rings is 3. The van der Waals surface area contributed by atoms with Crippen LogP contribution in [0.1, 0.15) is 6.92 Å². The van der Waals surface area contributed by atoms with Crippen LogP contribution in [0.3, 0.4) is 0 Å². The van der Waals surface area contributed by atoms with Crippen LogP contribution in [-0.4, -0.2) is 41.8 Å². The van der Waals surface area contributed by atoms with Crippen molar-refractivity contribution in [3.05, 3.63) is 42.9 Å². The van der Waals surface area contributed by atoms with Gasteiger partial charge in [0.1, 0.15) is 5.82 Å². The molecule has 0 amide bonds. The fraction of sp³-hybridized carbons (Fsp3) is 0.227. The number of nitrogens with zero attached hydrogens (tertiary/aromatic N) is 3. The zero-order chi connectivity index (χ0) is 21.3. The summed E-state index contributed by atoms with van der Waals surface area (Å²) in [5, 5.41) is 5.93. The van der Waals surface area contributed by atoms with Gasteiger partial charge in [-0.05, 0) is 30.5 Å². The van der Waals surface area contributed by atoms with Gasteiger partial charge in [0.05, 0.1) is 31.1 Å². The van der Waals surface area contributed by atoms with Gasteiger partial charge in [0.25, 0.3) is 0 Å². The minimum atomic E-state index is 0.133. The Bertz CT molecular complexity index is 1230. The summed E-state index contributed by atoms with van der Waals surface area (Å²) in [4.78, 5) is 13.4. The van der Waals surface area contributed by atoms with Crippen molar-refractivity contribution in [2.45, 2.75) is 13.0 Å². The number of fused-ring (bicyclic) bond motifs is 3. The molecule has 0 aliphatic rings. The first-order valence-electron chi connectivity index (χ1n) is 9.57. The van der Waals surface area contributed by atoms with Crippen molar-refractivity contribution < 1.29 is 9.47 Å². The second-order valence-corrected chi connectivity index (χ2v) is 7.08. The molecule has 0 fully saturated rings. The standard InChI is InChI=1S/C22H24N6O2/c1-12(8-23)27-14-4-13(9-25-10-14)18-5-15-16-6-20(29-2)21(30-3)7-19(16)26-11-17(15)22(24)28-18/h4-7,9-12,27H,8,23H2,1-3H3,(H2,24,28). The van der Waals surface area contributed by atoms with E-state index in [0.29, 0.717) is 23.9 Å². The monoisotopic (exact) mass is 404 g/mol. The highest BCUT2D eigenvalue weighted by Gasteiger charge is 2.14. The van der Waals surface area contributed by atoms with Crippen LogP contribution >= 0.6 is 0 Å². The van der Waals surface area contributed by atoms with E-state index in [1.807, 2.05) is 31.2 Å². The number of nitrogens with one attached hydrogen (secondary N) is 1. The maximum Gasteiger partial charge on any atom is 0.162 e. The van der Waals surface area contributed by atoms with Gasteiger partial charge in [-0.3, -0.25) is 9.97 Å². The van der Waals surface area contributed by atoms with Gasteiger partial charge in [0.2, 0.25) is 0 Å².